The first kappa shape index (κ1) is 12.4. The highest BCUT2D eigenvalue weighted by Crippen LogP contribution is 2.31. The van der Waals surface area contributed by atoms with Crippen molar-refractivity contribution < 1.29 is 9.53 Å². The van der Waals surface area contributed by atoms with Crippen LogP contribution in [0.5, 0.6) is 0 Å². The second kappa shape index (κ2) is 4.47. The van der Waals surface area contributed by atoms with Crippen molar-refractivity contribution in [1.82, 2.24) is 0 Å². The van der Waals surface area contributed by atoms with Crippen LogP contribution in [0.1, 0.15) is 15.9 Å². The van der Waals surface area contributed by atoms with E-state index < -0.39 is 0 Å². The average molecular weight is 337 g/mol. The van der Waals surface area contributed by atoms with Gasteiger partial charge in [-0.25, -0.2) is 0 Å². The number of rotatable bonds is 1. The van der Waals surface area contributed by atoms with Gasteiger partial charge in [-0.15, -0.1) is 0 Å². The number of halogens is 2. The van der Waals surface area contributed by atoms with Gasteiger partial charge in [0.05, 0.1) is 5.56 Å². The van der Waals surface area contributed by atoms with Crippen LogP contribution in [0.3, 0.4) is 0 Å². The Hall–Kier alpha value is -1.65. The van der Waals surface area contributed by atoms with E-state index in [2.05, 4.69) is 15.9 Å². The summed E-state index contributed by atoms with van der Waals surface area (Å²) in [5.41, 5.74) is 1.40. The molecule has 2 aromatic carbocycles. The van der Waals surface area contributed by atoms with Gasteiger partial charge in [0.25, 0.3) is 11.5 Å². The highest BCUT2D eigenvalue weighted by atomic mass is 79.9. The summed E-state index contributed by atoms with van der Waals surface area (Å²) >= 11 is 9.20. The number of benzene rings is 2. The molecule has 0 radical (unpaired) electrons. The van der Waals surface area contributed by atoms with E-state index in [1.807, 2.05) is 0 Å². The molecule has 2 aromatic rings. The molecule has 5 heteroatoms. The number of ketones is 1. The van der Waals surface area contributed by atoms with Crippen molar-refractivity contribution in [3.05, 3.63) is 68.3 Å². The second-order valence-electron chi connectivity index (χ2n) is 4.14. The zero-order valence-corrected chi connectivity index (χ0v) is 11.9. The Kier molecular flexibility index (Phi) is 2.92. The first-order valence-corrected chi connectivity index (χ1v) is 6.69. The summed E-state index contributed by atoms with van der Waals surface area (Å²) in [4.78, 5) is 12.3. The Bertz CT molecular complexity index is 740. The third-order valence-corrected chi connectivity index (χ3v) is 3.67. The molecule has 1 aliphatic heterocycles. The molecule has 0 amide bonds. The van der Waals surface area contributed by atoms with Gasteiger partial charge in [-0.05, 0) is 30.3 Å². The topological polar surface area (TPSA) is 43.1 Å². The second-order valence-corrected chi connectivity index (χ2v) is 5.50. The molecule has 0 N–H and O–H groups in total. The summed E-state index contributed by atoms with van der Waals surface area (Å²) in [6, 6.07) is 11.7. The van der Waals surface area contributed by atoms with Crippen molar-refractivity contribution >= 4 is 44.7 Å². The van der Waals surface area contributed by atoms with Crippen LogP contribution in [0.15, 0.2) is 46.9 Å². The standard InChI is InChI=1S/C14H7BrClNO2/c15-9-4-5-11-12(7-9)17(19)13(14(11)18)8-2-1-3-10(16)6-8/h1-7H. The van der Waals surface area contributed by atoms with E-state index in [0.717, 1.165) is 4.47 Å². The first-order valence-electron chi connectivity index (χ1n) is 5.52. The van der Waals surface area contributed by atoms with Crippen molar-refractivity contribution in [2.75, 3.05) is 0 Å². The smallest absolute Gasteiger partial charge is 0.273 e. The fraction of sp³-hybridized carbons (Fsp3) is 0. The lowest BCUT2D eigenvalue weighted by molar-refractivity contribution is -0.355. The zero-order valence-electron chi connectivity index (χ0n) is 9.56. The van der Waals surface area contributed by atoms with Crippen molar-refractivity contribution in [3.63, 3.8) is 0 Å². The van der Waals surface area contributed by atoms with Gasteiger partial charge in [-0.3, -0.25) is 4.79 Å². The molecule has 3 rings (SSSR count). The number of fused-ring (bicyclic) bond motifs is 1. The first-order chi connectivity index (χ1) is 9.08. The lowest BCUT2D eigenvalue weighted by Crippen LogP contribution is -2.16. The minimum atomic E-state index is -0.278. The number of carbonyl (C=O) groups excluding carboxylic acids is 1. The SMILES string of the molecule is O=C1C(c2cccc(Cl)c2)=[N+]([O-])c2cc(Br)ccc21. The Morgan fingerprint density at radius 2 is 1.95 bits per heavy atom. The van der Waals surface area contributed by atoms with Gasteiger partial charge in [0, 0.05) is 15.6 Å². The van der Waals surface area contributed by atoms with Crippen LogP contribution in [0.2, 0.25) is 5.02 Å². The van der Waals surface area contributed by atoms with Crippen LogP contribution in [0, 0.1) is 5.21 Å². The molecular formula is C14H7BrClNO2. The summed E-state index contributed by atoms with van der Waals surface area (Å²) < 4.78 is 1.42. The largest absolute Gasteiger partial charge is 0.618 e. The minimum Gasteiger partial charge on any atom is -0.618 e. The summed E-state index contributed by atoms with van der Waals surface area (Å²) in [5.74, 6) is -0.278. The van der Waals surface area contributed by atoms with E-state index >= 15 is 0 Å². The molecule has 0 saturated heterocycles. The van der Waals surface area contributed by atoms with Gasteiger partial charge < -0.3 is 5.21 Å². The fourth-order valence-electron chi connectivity index (χ4n) is 2.09. The zero-order chi connectivity index (χ0) is 13.6. The molecule has 0 atom stereocenters. The van der Waals surface area contributed by atoms with Crippen molar-refractivity contribution in [3.8, 4) is 0 Å². The number of Topliss-reactive ketones (excluding diaryl/α,β-unsaturated/α-hetero) is 1. The Morgan fingerprint density at radius 1 is 1.16 bits per heavy atom. The molecule has 0 bridgehead atoms. The summed E-state index contributed by atoms with van der Waals surface area (Å²) in [6.45, 7) is 0. The van der Waals surface area contributed by atoms with Crippen molar-refractivity contribution in [2.45, 2.75) is 0 Å². The maximum atomic E-state index is 12.3. The predicted octanol–water partition coefficient (Wildman–Crippen LogP) is 3.93. The van der Waals surface area contributed by atoms with Gasteiger partial charge in [0.2, 0.25) is 5.69 Å². The highest BCUT2D eigenvalue weighted by molar-refractivity contribution is 9.10. The number of hydrogen-bond acceptors (Lipinski definition) is 2. The third-order valence-electron chi connectivity index (χ3n) is 2.94. The predicted molar refractivity (Wildman–Crippen MR) is 77.3 cm³/mol. The molecule has 0 spiro atoms. The van der Waals surface area contributed by atoms with Crippen LogP contribution >= 0.6 is 27.5 Å². The van der Waals surface area contributed by atoms with E-state index in [1.165, 1.54) is 0 Å². The average Bonchev–Trinajstić information content (AvgIpc) is 2.61. The van der Waals surface area contributed by atoms with Gasteiger partial charge in [-0.2, -0.15) is 4.74 Å². The van der Waals surface area contributed by atoms with Crippen LogP contribution in [-0.4, -0.2) is 16.2 Å². The normalized spacial score (nSPS) is 13.9. The maximum Gasteiger partial charge on any atom is 0.273 e. The van der Waals surface area contributed by atoms with Crippen LogP contribution in [0.4, 0.5) is 5.69 Å². The highest BCUT2D eigenvalue weighted by Gasteiger charge is 2.36. The Balaban J connectivity index is 2.22. The van der Waals surface area contributed by atoms with E-state index in [-0.39, 0.29) is 11.5 Å². The van der Waals surface area contributed by atoms with Gasteiger partial charge in [0.15, 0.2) is 0 Å². The number of hydrogen-bond donors (Lipinski definition) is 0. The Morgan fingerprint density at radius 3 is 2.68 bits per heavy atom. The lowest BCUT2D eigenvalue weighted by atomic mass is 10.0. The summed E-state index contributed by atoms with van der Waals surface area (Å²) in [6.07, 6.45) is 0. The monoisotopic (exact) mass is 335 g/mol. The van der Waals surface area contributed by atoms with E-state index in [9.17, 15) is 10.0 Å². The van der Waals surface area contributed by atoms with Crippen molar-refractivity contribution in [1.29, 1.82) is 0 Å². The van der Waals surface area contributed by atoms with Gasteiger partial charge in [-0.1, -0.05) is 33.6 Å². The molecule has 0 saturated carbocycles. The lowest BCUT2D eigenvalue weighted by Gasteiger charge is -2.02. The fourth-order valence-corrected chi connectivity index (χ4v) is 2.63. The van der Waals surface area contributed by atoms with E-state index in [1.54, 1.807) is 42.5 Å². The quantitative estimate of drug-likeness (QED) is 0.585. The molecule has 0 fully saturated rings. The van der Waals surface area contributed by atoms with E-state index in [0.29, 0.717) is 26.6 Å². The Labute approximate surface area is 122 Å². The molecule has 19 heavy (non-hydrogen) atoms. The molecule has 0 aliphatic carbocycles. The van der Waals surface area contributed by atoms with Crippen LogP contribution in [-0.2, 0) is 0 Å². The maximum absolute atomic E-state index is 12.3. The number of nitrogens with zero attached hydrogens (tertiary/aromatic N) is 1. The summed E-state index contributed by atoms with van der Waals surface area (Å²) in [7, 11) is 0. The molecule has 3 nitrogen and oxygen atoms in total. The van der Waals surface area contributed by atoms with Crippen LogP contribution < -0.4 is 0 Å². The molecular weight excluding hydrogens is 330 g/mol. The molecule has 1 aliphatic rings. The molecule has 1 heterocycles. The van der Waals surface area contributed by atoms with Gasteiger partial charge >= 0.3 is 0 Å². The number of carbonyl (C=O) groups is 1. The third kappa shape index (κ3) is 1.97. The van der Waals surface area contributed by atoms with Crippen LogP contribution in [0.25, 0.3) is 0 Å². The molecule has 0 aromatic heterocycles. The molecule has 0 unspecified atom stereocenters. The molecule has 94 valence electrons. The van der Waals surface area contributed by atoms with E-state index in [4.69, 9.17) is 11.6 Å². The van der Waals surface area contributed by atoms with Crippen molar-refractivity contribution in [2.24, 2.45) is 0 Å². The minimum absolute atomic E-state index is 0.107. The summed E-state index contributed by atoms with van der Waals surface area (Å²) in [5, 5.41) is 12.8. The van der Waals surface area contributed by atoms with Gasteiger partial charge in [0.1, 0.15) is 5.56 Å².